The Balaban J connectivity index is 0.00000338. The van der Waals surface area contributed by atoms with Crippen molar-refractivity contribution < 1.29 is 14.3 Å². The molecule has 0 aliphatic carbocycles. The maximum atomic E-state index is 12.6. The van der Waals surface area contributed by atoms with Gasteiger partial charge in [-0.15, -0.1) is 12.4 Å². The number of halogens is 1. The average molecular weight is 378 g/mol. The third-order valence-electron chi connectivity index (χ3n) is 3.69. The van der Waals surface area contributed by atoms with Crippen LogP contribution in [0, 0.1) is 0 Å². The number of carbonyl (C=O) groups excluding carboxylic acids is 2. The van der Waals surface area contributed by atoms with E-state index >= 15 is 0 Å². The molecule has 6 nitrogen and oxygen atoms in total. The number of benzene rings is 2. The molecule has 4 N–H and O–H groups in total. The number of nitrogens with one attached hydrogen (secondary N) is 2. The van der Waals surface area contributed by atoms with Gasteiger partial charge in [-0.25, -0.2) is 0 Å². The van der Waals surface area contributed by atoms with Crippen molar-refractivity contribution in [2.24, 2.45) is 5.73 Å². The Bertz CT molecular complexity index is 752. The molecule has 1 unspecified atom stereocenters. The number of rotatable bonds is 7. The molecule has 0 saturated heterocycles. The summed E-state index contributed by atoms with van der Waals surface area (Å²) in [5.41, 5.74) is 7.23. The van der Waals surface area contributed by atoms with E-state index in [2.05, 4.69) is 10.6 Å². The SMILES string of the molecule is CCCC(N)C(=O)Nc1ccccc1C(=O)Nc1cccc(OC)c1.Cl. The predicted octanol–water partition coefficient (Wildman–Crippen LogP) is 3.44. The molecule has 7 heteroatoms. The van der Waals surface area contributed by atoms with E-state index < -0.39 is 6.04 Å². The van der Waals surface area contributed by atoms with E-state index in [0.29, 0.717) is 29.1 Å². The number of ether oxygens (including phenoxy) is 1. The largest absolute Gasteiger partial charge is 0.497 e. The number of carbonyl (C=O) groups is 2. The average Bonchev–Trinajstić information content (AvgIpc) is 2.62. The molecule has 0 aliphatic heterocycles. The molecule has 0 aliphatic rings. The first-order valence-electron chi connectivity index (χ1n) is 8.16. The van der Waals surface area contributed by atoms with Crippen molar-refractivity contribution in [3.8, 4) is 5.75 Å². The third kappa shape index (κ3) is 5.75. The van der Waals surface area contributed by atoms with Crippen molar-refractivity contribution in [3.05, 3.63) is 54.1 Å². The molecule has 0 fully saturated rings. The summed E-state index contributed by atoms with van der Waals surface area (Å²) in [5, 5.41) is 5.53. The molecule has 0 bridgehead atoms. The predicted molar refractivity (Wildman–Crippen MR) is 106 cm³/mol. The summed E-state index contributed by atoms with van der Waals surface area (Å²) in [5.74, 6) is 0.0154. The molecular weight excluding hydrogens is 354 g/mol. The first kappa shape index (κ1) is 21.5. The molecule has 2 aromatic rings. The Morgan fingerprint density at radius 1 is 1.12 bits per heavy atom. The minimum absolute atomic E-state index is 0. The van der Waals surface area contributed by atoms with Crippen molar-refractivity contribution in [1.82, 2.24) is 0 Å². The monoisotopic (exact) mass is 377 g/mol. The van der Waals surface area contributed by atoms with Crippen molar-refractivity contribution in [1.29, 1.82) is 0 Å². The normalized spacial score (nSPS) is 11.0. The minimum atomic E-state index is -0.598. The smallest absolute Gasteiger partial charge is 0.257 e. The molecule has 2 aromatic carbocycles. The van der Waals surface area contributed by atoms with Crippen molar-refractivity contribution in [2.75, 3.05) is 17.7 Å². The lowest BCUT2D eigenvalue weighted by molar-refractivity contribution is -0.117. The van der Waals surface area contributed by atoms with Gasteiger partial charge < -0.3 is 21.1 Å². The van der Waals surface area contributed by atoms with Gasteiger partial charge in [0.25, 0.3) is 5.91 Å². The van der Waals surface area contributed by atoms with E-state index in [0.717, 1.165) is 6.42 Å². The van der Waals surface area contributed by atoms with Crippen LogP contribution in [0.1, 0.15) is 30.1 Å². The van der Waals surface area contributed by atoms with Crippen LogP contribution < -0.4 is 21.1 Å². The summed E-state index contributed by atoms with van der Waals surface area (Å²) in [7, 11) is 1.56. The van der Waals surface area contributed by atoms with Crippen molar-refractivity contribution >= 4 is 35.6 Å². The fourth-order valence-corrected chi connectivity index (χ4v) is 2.36. The van der Waals surface area contributed by atoms with Gasteiger partial charge in [-0.3, -0.25) is 9.59 Å². The zero-order chi connectivity index (χ0) is 18.2. The first-order chi connectivity index (χ1) is 12.0. The van der Waals surface area contributed by atoms with Crippen LogP contribution in [-0.4, -0.2) is 25.0 Å². The van der Waals surface area contributed by atoms with Crippen LogP contribution >= 0.6 is 12.4 Å². The number of hydrogen-bond donors (Lipinski definition) is 3. The number of methoxy groups -OCH3 is 1. The minimum Gasteiger partial charge on any atom is -0.497 e. The number of hydrogen-bond acceptors (Lipinski definition) is 4. The van der Waals surface area contributed by atoms with Crippen molar-refractivity contribution in [3.63, 3.8) is 0 Å². The van der Waals surface area contributed by atoms with Crippen LogP contribution in [0.25, 0.3) is 0 Å². The van der Waals surface area contributed by atoms with E-state index in [-0.39, 0.29) is 24.2 Å². The van der Waals surface area contributed by atoms with Crippen LogP contribution in [-0.2, 0) is 4.79 Å². The molecule has 2 amide bonds. The lowest BCUT2D eigenvalue weighted by Crippen LogP contribution is -2.35. The number of nitrogens with two attached hydrogens (primary N) is 1. The van der Waals surface area contributed by atoms with Gasteiger partial charge in [0.05, 0.1) is 24.4 Å². The van der Waals surface area contributed by atoms with Crippen molar-refractivity contribution in [2.45, 2.75) is 25.8 Å². The molecule has 0 heterocycles. The maximum Gasteiger partial charge on any atom is 0.257 e. The Kier molecular flexibility index (Phi) is 8.61. The number of amides is 2. The first-order valence-corrected chi connectivity index (χ1v) is 8.16. The molecular formula is C19H24ClN3O3. The van der Waals surface area contributed by atoms with Gasteiger partial charge in [0.1, 0.15) is 5.75 Å². The second kappa shape index (κ2) is 10.4. The lowest BCUT2D eigenvalue weighted by atomic mass is 10.1. The van der Waals surface area contributed by atoms with Crippen LogP contribution in [0.2, 0.25) is 0 Å². The summed E-state index contributed by atoms with van der Waals surface area (Å²) >= 11 is 0. The van der Waals surface area contributed by atoms with Gasteiger partial charge in [-0.2, -0.15) is 0 Å². The zero-order valence-corrected chi connectivity index (χ0v) is 15.6. The second-order valence-electron chi connectivity index (χ2n) is 5.62. The third-order valence-corrected chi connectivity index (χ3v) is 3.69. The maximum absolute atomic E-state index is 12.6. The Hall–Kier alpha value is -2.57. The van der Waals surface area contributed by atoms with Gasteiger partial charge in [-0.1, -0.05) is 31.5 Å². The summed E-state index contributed by atoms with van der Waals surface area (Å²) in [6.07, 6.45) is 1.40. The van der Waals surface area contributed by atoms with Gasteiger partial charge in [0, 0.05) is 11.8 Å². The quantitative estimate of drug-likeness (QED) is 0.689. The lowest BCUT2D eigenvalue weighted by Gasteiger charge is -2.14. The Labute approximate surface area is 159 Å². The highest BCUT2D eigenvalue weighted by Crippen LogP contribution is 2.20. The molecule has 0 aromatic heterocycles. The van der Waals surface area contributed by atoms with Gasteiger partial charge >= 0.3 is 0 Å². The molecule has 0 saturated carbocycles. The topological polar surface area (TPSA) is 93.5 Å². The van der Waals surface area contributed by atoms with Crippen LogP contribution in [0.15, 0.2) is 48.5 Å². The zero-order valence-electron chi connectivity index (χ0n) is 14.8. The number of para-hydroxylation sites is 1. The van der Waals surface area contributed by atoms with Gasteiger partial charge in [0.2, 0.25) is 5.91 Å². The molecule has 140 valence electrons. The molecule has 2 rings (SSSR count). The molecule has 0 radical (unpaired) electrons. The van der Waals surface area contributed by atoms with E-state index in [1.807, 2.05) is 6.92 Å². The van der Waals surface area contributed by atoms with Gasteiger partial charge in [-0.05, 0) is 30.7 Å². The number of anilines is 2. The van der Waals surface area contributed by atoms with E-state index in [1.165, 1.54) is 0 Å². The second-order valence-corrected chi connectivity index (χ2v) is 5.62. The van der Waals surface area contributed by atoms with Crippen LogP contribution in [0.3, 0.4) is 0 Å². The summed E-state index contributed by atoms with van der Waals surface area (Å²) < 4.78 is 5.15. The molecule has 1 atom stereocenters. The van der Waals surface area contributed by atoms with Crippen LogP contribution in [0.4, 0.5) is 11.4 Å². The Morgan fingerprint density at radius 2 is 1.85 bits per heavy atom. The standard InChI is InChI=1S/C19H23N3O3.ClH/c1-3-7-16(20)19(24)22-17-11-5-4-10-15(17)18(23)21-13-8-6-9-14(12-13)25-2;/h4-6,8-12,16H,3,7,20H2,1-2H3,(H,21,23)(H,22,24);1H. The fourth-order valence-electron chi connectivity index (χ4n) is 2.36. The molecule has 26 heavy (non-hydrogen) atoms. The summed E-state index contributed by atoms with van der Waals surface area (Å²) in [4.78, 5) is 24.7. The highest BCUT2D eigenvalue weighted by molar-refractivity contribution is 6.10. The highest BCUT2D eigenvalue weighted by atomic mass is 35.5. The van der Waals surface area contributed by atoms with E-state index in [9.17, 15) is 9.59 Å². The van der Waals surface area contributed by atoms with Crippen LogP contribution in [0.5, 0.6) is 5.75 Å². The summed E-state index contributed by atoms with van der Waals surface area (Å²) in [6.45, 7) is 1.96. The summed E-state index contributed by atoms with van der Waals surface area (Å²) in [6, 6.07) is 13.3. The highest BCUT2D eigenvalue weighted by Gasteiger charge is 2.17. The van der Waals surface area contributed by atoms with E-state index in [1.54, 1.807) is 55.6 Å². The molecule has 0 spiro atoms. The Morgan fingerprint density at radius 3 is 2.54 bits per heavy atom. The fraction of sp³-hybridized carbons (Fsp3) is 0.263. The van der Waals surface area contributed by atoms with E-state index in [4.69, 9.17) is 10.5 Å². The van der Waals surface area contributed by atoms with Gasteiger partial charge in [0.15, 0.2) is 0 Å².